The van der Waals surface area contributed by atoms with E-state index in [2.05, 4.69) is 5.32 Å². The molecule has 7 nitrogen and oxygen atoms in total. The predicted molar refractivity (Wildman–Crippen MR) is 94.9 cm³/mol. The molecule has 0 bridgehead atoms. The zero-order valence-electron chi connectivity index (χ0n) is 14.7. The van der Waals surface area contributed by atoms with Crippen molar-refractivity contribution >= 4 is 23.3 Å². The molecule has 0 radical (unpaired) electrons. The van der Waals surface area contributed by atoms with Gasteiger partial charge < -0.3 is 19.5 Å². The highest BCUT2D eigenvalue weighted by Gasteiger charge is 2.15. The Hall–Kier alpha value is -3.35. The molecule has 7 heteroatoms. The van der Waals surface area contributed by atoms with E-state index in [1.807, 2.05) is 0 Å². The van der Waals surface area contributed by atoms with Crippen molar-refractivity contribution in [3.05, 3.63) is 53.6 Å². The van der Waals surface area contributed by atoms with Crippen molar-refractivity contribution in [1.82, 2.24) is 0 Å². The molecule has 0 heterocycles. The van der Waals surface area contributed by atoms with Crippen LogP contribution < -0.4 is 14.8 Å². The Kier molecular flexibility index (Phi) is 6.32. The molecule has 1 N–H and O–H groups in total. The second-order valence-corrected chi connectivity index (χ2v) is 5.33. The zero-order valence-corrected chi connectivity index (χ0v) is 14.7. The van der Waals surface area contributed by atoms with E-state index in [4.69, 9.17) is 14.2 Å². The first kappa shape index (κ1) is 19.0. The maximum atomic E-state index is 12.1. The van der Waals surface area contributed by atoms with Gasteiger partial charge in [0.25, 0.3) is 5.91 Å². The molecule has 1 amide bonds. The maximum Gasteiger partial charge on any atom is 0.341 e. The highest BCUT2D eigenvalue weighted by molar-refractivity contribution is 5.97. The van der Waals surface area contributed by atoms with Crippen LogP contribution >= 0.6 is 0 Å². The average molecular weight is 357 g/mol. The Morgan fingerprint density at radius 1 is 1.04 bits per heavy atom. The molecule has 0 atom stereocenters. The van der Waals surface area contributed by atoms with E-state index in [0.717, 1.165) is 0 Å². The lowest BCUT2D eigenvalue weighted by molar-refractivity contribution is -0.118. The Balaban J connectivity index is 2.08. The van der Waals surface area contributed by atoms with Gasteiger partial charge in [-0.25, -0.2) is 4.79 Å². The lowest BCUT2D eigenvalue weighted by atomic mass is 10.1. The highest BCUT2D eigenvalue weighted by Crippen LogP contribution is 2.25. The molecular formula is C19H19NO6. The highest BCUT2D eigenvalue weighted by atomic mass is 16.5. The van der Waals surface area contributed by atoms with Gasteiger partial charge >= 0.3 is 5.97 Å². The fourth-order valence-corrected chi connectivity index (χ4v) is 2.18. The third kappa shape index (κ3) is 4.83. The van der Waals surface area contributed by atoms with E-state index in [1.165, 1.54) is 33.3 Å². The van der Waals surface area contributed by atoms with Crippen molar-refractivity contribution in [3.8, 4) is 11.5 Å². The molecule has 0 spiro atoms. The van der Waals surface area contributed by atoms with Crippen LogP contribution in [0.3, 0.4) is 0 Å². The van der Waals surface area contributed by atoms with E-state index in [1.54, 1.807) is 30.3 Å². The molecule has 2 aromatic rings. The van der Waals surface area contributed by atoms with Crippen molar-refractivity contribution < 1.29 is 28.6 Å². The Morgan fingerprint density at radius 3 is 2.46 bits per heavy atom. The number of hydrogen-bond donors (Lipinski definition) is 1. The number of rotatable bonds is 7. The van der Waals surface area contributed by atoms with Gasteiger partial charge in [0.15, 0.2) is 12.4 Å². The molecule has 0 aromatic heterocycles. The number of methoxy groups -OCH3 is 2. The van der Waals surface area contributed by atoms with Gasteiger partial charge in [0.2, 0.25) is 0 Å². The quantitative estimate of drug-likeness (QED) is 0.605. The number of hydrogen-bond acceptors (Lipinski definition) is 6. The third-order valence-electron chi connectivity index (χ3n) is 3.51. The van der Waals surface area contributed by atoms with Gasteiger partial charge in [-0.1, -0.05) is 12.1 Å². The lowest BCUT2D eigenvalue weighted by Crippen LogP contribution is -2.21. The topological polar surface area (TPSA) is 90.9 Å². The number of Topliss-reactive ketones (excluding diaryl/α,β-unsaturated/α-hetero) is 1. The molecule has 0 saturated carbocycles. The Morgan fingerprint density at radius 2 is 1.81 bits per heavy atom. The molecule has 0 aliphatic carbocycles. The first-order chi connectivity index (χ1) is 12.4. The first-order valence-corrected chi connectivity index (χ1v) is 7.74. The minimum atomic E-state index is -0.586. The molecule has 0 unspecified atom stereocenters. The number of ether oxygens (including phenoxy) is 3. The summed E-state index contributed by atoms with van der Waals surface area (Å²) in [5, 5.41) is 2.64. The Labute approximate surface area is 150 Å². The summed E-state index contributed by atoms with van der Waals surface area (Å²) < 4.78 is 15.2. The normalized spacial score (nSPS) is 9.96. The van der Waals surface area contributed by atoms with Gasteiger partial charge in [0.05, 0.1) is 14.2 Å². The second kappa shape index (κ2) is 8.66. The van der Waals surface area contributed by atoms with Gasteiger partial charge in [0, 0.05) is 17.3 Å². The van der Waals surface area contributed by atoms with Crippen LogP contribution in [0.5, 0.6) is 11.5 Å². The van der Waals surface area contributed by atoms with Crippen molar-refractivity contribution in [1.29, 1.82) is 0 Å². The molecule has 136 valence electrons. The van der Waals surface area contributed by atoms with Crippen LogP contribution in [0.4, 0.5) is 5.69 Å². The predicted octanol–water partition coefficient (Wildman–Crippen LogP) is 2.70. The summed E-state index contributed by atoms with van der Waals surface area (Å²) in [4.78, 5) is 35.3. The molecule has 0 aliphatic rings. The van der Waals surface area contributed by atoms with E-state index in [9.17, 15) is 14.4 Å². The van der Waals surface area contributed by atoms with Gasteiger partial charge in [-0.3, -0.25) is 9.59 Å². The first-order valence-electron chi connectivity index (χ1n) is 7.74. The summed E-state index contributed by atoms with van der Waals surface area (Å²) in [5.74, 6) is -0.482. The average Bonchev–Trinajstić information content (AvgIpc) is 2.65. The molecular weight excluding hydrogens is 338 g/mol. The van der Waals surface area contributed by atoms with Crippen molar-refractivity contribution in [2.24, 2.45) is 0 Å². The lowest BCUT2D eigenvalue weighted by Gasteiger charge is -2.12. The molecule has 2 rings (SSSR count). The summed E-state index contributed by atoms with van der Waals surface area (Å²) in [6.07, 6.45) is 0. The number of nitrogens with one attached hydrogen (secondary N) is 1. The molecule has 0 fully saturated rings. The molecule has 26 heavy (non-hydrogen) atoms. The number of carbonyl (C=O) groups is 3. The van der Waals surface area contributed by atoms with Gasteiger partial charge in [-0.2, -0.15) is 0 Å². The fraction of sp³-hybridized carbons (Fsp3) is 0.211. The number of ketones is 1. The van der Waals surface area contributed by atoms with Crippen LogP contribution in [0.15, 0.2) is 42.5 Å². The summed E-state index contributed by atoms with van der Waals surface area (Å²) in [6, 6.07) is 11.1. The van der Waals surface area contributed by atoms with Gasteiger partial charge in [-0.15, -0.1) is 0 Å². The van der Waals surface area contributed by atoms with Crippen LogP contribution in [0.1, 0.15) is 27.6 Å². The van der Waals surface area contributed by atoms with Crippen molar-refractivity contribution in [2.75, 3.05) is 26.1 Å². The van der Waals surface area contributed by atoms with Crippen LogP contribution in [0.2, 0.25) is 0 Å². The van der Waals surface area contributed by atoms with Crippen LogP contribution in [-0.2, 0) is 9.53 Å². The smallest absolute Gasteiger partial charge is 0.341 e. The van der Waals surface area contributed by atoms with Crippen LogP contribution in [0.25, 0.3) is 0 Å². The fourth-order valence-electron chi connectivity index (χ4n) is 2.18. The van der Waals surface area contributed by atoms with Gasteiger partial charge in [0.1, 0.15) is 17.1 Å². The number of anilines is 1. The third-order valence-corrected chi connectivity index (χ3v) is 3.51. The van der Waals surface area contributed by atoms with Gasteiger partial charge in [-0.05, 0) is 31.2 Å². The van der Waals surface area contributed by atoms with E-state index < -0.39 is 11.9 Å². The van der Waals surface area contributed by atoms with Crippen molar-refractivity contribution in [2.45, 2.75) is 6.92 Å². The molecule has 0 saturated heterocycles. The second-order valence-electron chi connectivity index (χ2n) is 5.33. The van der Waals surface area contributed by atoms with E-state index >= 15 is 0 Å². The summed E-state index contributed by atoms with van der Waals surface area (Å²) in [7, 11) is 2.73. The maximum absolute atomic E-state index is 12.1. The van der Waals surface area contributed by atoms with Crippen LogP contribution in [0, 0.1) is 0 Å². The Bertz CT molecular complexity index is 831. The number of carbonyl (C=O) groups excluding carboxylic acids is 3. The SMILES string of the molecule is COC(=O)c1ccc(OC)cc1OCC(=O)Nc1cccc(C(C)=O)c1. The molecule has 2 aromatic carbocycles. The number of amides is 1. The van der Waals surface area contributed by atoms with E-state index in [-0.39, 0.29) is 23.7 Å². The van der Waals surface area contributed by atoms with Crippen LogP contribution in [-0.4, -0.2) is 38.5 Å². The minimum Gasteiger partial charge on any atom is -0.497 e. The van der Waals surface area contributed by atoms with Crippen molar-refractivity contribution in [3.63, 3.8) is 0 Å². The largest absolute Gasteiger partial charge is 0.497 e. The summed E-state index contributed by atoms with van der Waals surface area (Å²) in [6.45, 7) is 1.11. The minimum absolute atomic E-state index is 0.101. The number of esters is 1. The number of benzene rings is 2. The summed E-state index contributed by atoms with van der Waals surface area (Å²) >= 11 is 0. The summed E-state index contributed by atoms with van der Waals surface area (Å²) in [5.41, 5.74) is 1.15. The monoisotopic (exact) mass is 357 g/mol. The molecule has 0 aliphatic heterocycles. The van der Waals surface area contributed by atoms with E-state index in [0.29, 0.717) is 17.0 Å². The zero-order chi connectivity index (χ0) is 19.1. The standard InChI is InChI=1S/C19H19NO6/c1-12(21)13-5-4-6-14(9-13)20-18(22)11-26-17-10-15(24-2)7-8-16(17)19(23)25-3/h4-10H,11H2,1-3H3,(H,20,22).